The molecule has 1 atom stereocenters. The van der Waals surface area contributed by atoms with Gasteiger partial charge in [-0.15, -0.1) is 0 Å². The summed E-state index contributed by atoms with van der Waals surface area (Å²) < 4.78 is 59.0. The monoisotopic (exact) mass is 420 g/mol. The van der Waals surface area contributed by atoms with E-state index in [1.165, 1.54) is 28.3 Å². The Labute approximate surface area is 171 Å². The minimum atomic E-state index is -4.65. The van der Waals surface area contributed by atoms with E-state index in [1.807, 2.05) is 18.2 Å². The molecule has 0 aromatic heterocycles. The molecule has 0 spiro atoms. The van der Waals surface area contributed by atoms with E-state index in [1.54, 1.807) is 6.20 Å². The minimum absolute atomic E-state index is 0.0205. The second kappa shape index (κ2) is 8.01. The van der Waals surface area contributed by atoms with Crippen molar-refractivity contribution in [3.63, 3.8) is 0 Å². The maximum Gasteiger partial charge on any atom is 0.416 e. The first-order valence-electron chi connectivity index (χ1n) is 9.68. The highest BCUT2D eigenvalue weighted by Crippen LogP contribution is 2.39. The van der Waals surface area contributed by atoms with Crippen LogP contribution in [0.5, 0.6) is 0 Å². The molecule has 158 valence electrons. The minimum Gasteiger partial charge on any atom is -0.462 e. The van der Waals surface area contributed by atoms with Gasteiger partial charge >= 0.3 is 12.2 Å². The summed E-state index contributed by atoms with van der Waals surface area (Å²) in [5.41, 5.74) is 0.0136. The lowest BCUT2D eigenvalue weighted by molar-refractivity contribution is -0.138. The maximum absolute atomic E-state index is 13.4. The van der Waals surface area contributed by atoms with E-state index in [4.69, 9.17) is 4.74 Å². The van der Waals surface area contributed by atoms with Crippen molar-refractivity contribution in [2.45, 2.75) is 31.4 Å². The molecule has 1 unspecified atom stereocenters. The van der Waals surface area contributed by atoms with Crippen LogP contribution in [0.2, 0.25) is 0 Å². The molecule has 2 heterocycles. The van der Waals surface area contributed by atoms with Crippen LogP contribution in [0.15, 0.2) is 66.4 Å². The number of nitrogens with zero attached hydrogens (tertiary/aromatic N) is 2. The smallest absolute Gasteiger partial charge is 0.416 e. The molecule has 0 bridgehead atoms. The molecule has 4 rings (SSSR count). The predicted octanol–water partition coefficient (Wildman–Crippen LogP) is 5.68. The molecular weight excluding hydrogens is 400 g/mol. The van der Waals surface area contributed by atoms with Gasteiger partial charge in [0.1, 0.15) is 17.8 Å². The average Bonchev–Trinajstić information content (AvgIpc) is 3.23. The van der Waals surface area contributed by atoms with Gasteiger partial charge in [0, 0.05) is 25.2 Å². The number of hydrogen-bond donors (Lipinski definition) is 0. The van der Waals surface area contributed by atoms with Crippen LogP contribution in [-0.2, 0) is 10.9 Å². The number of alkyl halides is 3. The molecule has 4 nitrogen and oxygen atoms in total. The molecule has 2 aliphatic heterocycles. The van der Waals surface area contributed by atoms with Gasteiger partial charge in [0.05, 0.1) is 11.8 Å². The number of likely N-dealkylation sites (tertiary alicyclic amines) is 1. The van der Waals surface area contributed by atoms with E-state index in [0.717, 1.165) is 24.5 Å². The van der Waals surface area contributed by atoms with E-state index < -0.39 is 23.5 Å². The molecule has 0 radical (unpaired) electrons. The fourth-order valence-electron chi connectivity index (χ4n) is 3.94. The second-order valence-corrected chi connectivity index (χ2v) is 7.41. The fraction of sp³-hybridized carbons (Fsp3) is 0.318. The highest BCUT2D eigenvalue weighted by Gasteiger charge is 2.38. The van der Waals surface area contributed by atoms with Gasteiger partial charge < -0.3 is 9.64 Å². The van der Waals surface area contributed by atoms with Crippen molar-refractivity contribution in [3.8, 4) is 0 Å². The van der Waals surface area contributed by atoms with Crippen molar-refractivity contribution >= 4 is 6.03 Å². The first kappa shape index (κ1) is 20.3. The molecule has 1 aliphatic carbocycles. The Balaban J connectivity index is 1.50. The number of hydrogen-bond acceptors (Lipinski definition) is 2. The molecule has 0 N–H and O–H groups in total. The average molecular weight is 420 g/mol. The Morgan fingerprint density at radius 1 is 1.23 bits per heavy atom. The molecule has 3 aliphatic rings. The topological polar surface area (TPSA) is 32.8 Å². The van der Waals surface area contributed by atoms with Gasteiger partial charge in [0.25, 0.3) is 0 Å². The van der Waals surface area contributed by atoms with Crippen LogP contribution in [0.3, 0.4) is 0 Å². The van der Waals surface area contributed by atoms with Gasteiger partial charge in [0.2, 0.25) is 0 Å². The Kier molecular flexibility index (Phi) is 5.40. The number of urea groups is 1. The quantitative estimate of drug-likeness (QED) is 0.577. The zero-order valence-electron chi connectivity index (χ0n) is 16.0. The summed E-state index contributed by atoms with van der Waals surface area (Å²) in [6.07, 6.45) is 7.81. The first-order valence-corrected chi connectivity index (χ1v) is 9.68. The van der Waals surface area contributed by atoms with Gasteiger partial charge in [-0.2, -0.15) is 13.2 Å². The lowest BCUT2D eigenvalue weighted by atomic mass is 9.93. The molecule has 1 aromatic rings. The predicted molar refractivity (Wildman–Crippen MR) is 102 cm³/mol. The van der Waals surface area contributed by atoms with Crippen LogP contribution in [0.4, 0.5) is 22.4 Å². The highest BCUT2D eigenvalue weighted by atomic mass is 19.4. The second-order valence-electron chi connectivity index (χ2n) is 7.41. The van der Waals surface area contributed by atoms with E-state index in [0.29, 0.717) is 24.8 Å². The zero-order chi connectivity index (χ0) is 21.3. The van der Waals surface area contributed by atoms with Crippen molar-refractivity contribution in [2.24, 2.45) is 0 Å². The third kappa shape index (κ3) is 4.13. The van der Waals surface area contributed by atoms with E-state index in [-0.39, 0.29) is 18.1 Å². The van der Waals surface area contributed by atoms with Crippen LogP contribution in [0, 0.1) is 5.82 Å². The van der Waals surface area contributed by atoms with Crippen molar-refractivity contribution < 1.29 is 27.1 Å². The van der Waals surface area contributed by atoms with Crippen LogP contribution in [0.1, 0.15) is 36.3 Å². The summed E-state index contributed by atoms with van der Waals surface area (Å²) >= 11 is 0. The maximum atomic E-state index is 13.4. The molecule has 8 heteroatoms. The fourth-order valence-corrected chi connectivity index (χ4v) is 3.94. The summed E-state index contributed by atoms with van der Waals surface area (Å²) in [7, 11) is 0. The summed E-state index contributed by atoms with van der Waals surface area (Å²) in [6, 6.07) is 2.39. The van der Waals surface area contributed by atoms with Gasteiger partial charge in [-0.05, 0) is 42.5 Å². The molecule has 1 fully saturated rings. The summed E-state index contributed by atoms with van der Waals surface area (Å²) in [4.78, 5) is 15.8. The van der Waals surface area contributed by atoms with Crippen LogP contribution in [0.25, 0.3) is 0 Å². The highest BCUT2D eigenvalue weighted by molar-refractivity contribution is 5.77. The van der Waals surface area contributed by atoms with Crippen LogP contribution >= 0.6 is 0 Å². The molecule has 1 aromatic carbocycles. The Morgan fingerprint density at radius 3 is 2.80 bits per heavy atom. The van der Waals surface area contributed by atoms with E-state index in [2.05, 4.69) is 0 Å². The van der Waals surface area contributed by atoms with Crippen molar-refractivity contribution in [1.29, 1.82) is 0 Å². The standard InChI is InChI=1S/C22H20F4N2O2/c23-17-6-7-18(19(12-17)22(24,25)26)16-8-9-27(13-16)21(29)28-10-11-30-20(14-28)15-4-2-1-3-5-15/h1-2,4,6-7,10-12,14,16H,3,5,8-9,13H2. The number of rotatable bonds is 2. The SMILES string of the molecule is O=C(N1C=COC(C2=CC=CCC2)=C1)N1CCC(c2ccc(F)cc2C(F)(F)F)C1. The third-order valence-corrected chi connectivity index (χ3v) is 5.44. The van der Waals surface area contributed by atoms with Crippen molar-refractivity contribution in [3.05, 3.63) is 83.4 Å². The number of halogens is 4. The largest absolute Gasteiger partial charge is 0.462 e. The third-order valence-electron chi connectivity index (χ3n) is 5.44. The number of benzene rings is 1. The zero-order valence-corrected chi connectivity index (χ0v) is 16.0. The summed E-state index contributed by atoms with van der Waals surface area (Å²) in [6.45, 7) is 0.450. The molecule has 1 saturated heterocycles. The van der Waals surface area contributed by atoms with E-state index in [9.17, 15) is 22.4 Å². The molecule has 30 heavy (non-hydrogen) atoms. The van der Waals surface area contributed by atoms with Gasteiger partial charge in [-0.25, -0.2) is 9.18 Å². The van der Waals surface area contributed by atoms with Gasteiger partial charge in [0.15, 0.2) is 0 Å². The van der Waals surface area contributed by atoms with Crippen molar-refractivity contribution in [2.75, 3.05) is 13.1 Å². The number of carbonyl (C=O) groups excluding carboxylic acids is 1. The van der Waals surface area contributed by atoms with Crippen LogP contribution in [-0.4, -0.2) is 28.9 Å². The number of ether oxygens (including phenoxy) is 1. The van der Waals surface area contributed by atoms with Crippen molar-refractivity contribution in [1.82, 2.24) is 9.80 Å². The molecular formula is C22H20F4N2O2. The van der Waals surface area contributed by atoms with Gasteiger partial charge in [-0.1, -0.05) is 24.3 Å². The Morgan fingerprint density at radius 2 is 2.07 bits per heavy atom. The van der Waals surface area contributed by atoms with E-state index >= 15 is 0 Å². The number of carbonyl (C=O) groups is 1. The Hall–Kier alpha value is -3.03. The van der Waals surface area contributed by atoms with Crippen LogP contribution < -0.4 is 0 Å². The number of amides is 2. The molecule has 0 saturated carbocycles. The lowest BCUT2D eigenvalue weighted by Gasteiger charge is -2.26. The van der Waals surface area contributed by atoms with Gasteiger partial charge in [-0.3, -0.25) is 4.90 Å². The molecule has 2 amide bonds. The summed E-state index contributed by atoms with van der Waals surface area (Å²) in [5, 5.41) is 0. The first-order chi connectivity index (χ1) is 14.3. The lowest BCUT2D eigenvalue weighted by Crippen LogP contribution is -2.37. The number of allylic oxidation sites excluding steroid dienone is 4. The summed E-state index contributed by atoms with van der Waals surface area (Å²) in [5.74, 6) is -0.866. The normalized spacial score (nSPS) is 21.4. The Bertz CT molecular complexity index is 962.